The second kappa shape index (κ2) is 7.23. The number of nitrogens with zero attached hydrogens (tertiary/aromatic N) is 1. The molecule has 0 bridgehead atoms. The third kappa shape index (κ3) is 3.83. The van der Waals surface area contributed by atoms with Gasteiger partial charge in [0.1, 0.15) is 11.4 Å². The zero-order valence-corrected chi connectivity index (χ0v) is 13.2. The Labute approximate surface area is 122 Å². The fraction of sp³-hybridized carbons (Fsp3) is 0.812. The molecule has 0 aliphatic heterocycles. The molecule has 1 saturated carbocycles. The van der Waals surface area contributed by atoms with Crippen LogP contribution in [0.4, 0.5) is 0 Å². The van der Waals surface area contributed by atoms with Crippen LogP contribution in [0.2, 0.25) is 0 Å². The van der Waals surface area contributed by atoms with Crippen molar-refractivity contribution in [2.45, 2.75) is 77.5 Å². The Morgan fingerprint density at radius 2 is 2.00 bits per heavy atom. The van der Waals surface area contributed by atoms with Crippen molar-refractivity contribution in [3.63, 3.8) is 0 Å². The van der Waals surface area contributed by atoms with Gasteiger partial charge in [0.25, 0.3) is 0 Å². The monoisotopic (exact) mass is 279 g/mol. The lowest BCUT2D eigenvalue weighted by Crippen LogP contribution is -2.31. The van der Waals surface area contributed by atoms with E-state index in [0.29, 0.717) is 6.04 Å². The number of H-pyrrole nitrogens is 1. The average molecular weight is 279 g/mol. The lowest BCUT2D eigenvalue weighted by molar-refractivity contribution is -0.0619. The van der Waals surface area contributed by atoms with Crippen LogP contribution in [0.1, 0.15) is 70.8 Å². The Morgan fingerprint density at radius 3 is 2.60 bits per heavy atom. The standard InChI is InChI=1S/C16H29N3O/c1-4-20-16(9-7-5-6-8-10-16)15-18-12-14(19-15)11-17-13(2)3/h12-13,17H,4-11H2,1-3H3,(H,18,19). The first-order valence-electron chi connectivity index (χ1n) is 8.08. The second-order valence-electron chi connectivity index (χ2n) is 6.13. The van der Waals surface area contributed by atoms with E-state index in [1.807, 2.05) is 6.20 Å². The number of rotatable bonds is 6. The average Bonchev–Trinajstić information content (AvgIpc) is 2.78. The summed E-state index contributed by atoms with van der Waals surface area (Å²) in [6, 6.07) is 0.487. The molecule has 0 unspecified atom stereocenters. The number of nitrogens with one attached hydrogen (secondary N) is 2. The van der Waals surface area contributed by atoms with Crippen molar-refractivity contribution in [1.29, 1.82) is 0 Å². The lowest BCUT2D eigenvalue weighted by atomic mass is 9.93. The molecule has 2 rings (SSSR count). The van der Waals surface area contributed by atoms with Gasteiger partial charge >= 0.3 is 0 Å². The van der Waals surface area contributed by atoms with Crippen LogP contribution < -0.4 is 5.32 Å². The number of aromatic amines is 1. The van der Waals surface area contributed by atoms with E-state index < -0.39 is 0 Å². The van der Waals surface area contributed by atoms with Gasteiger partial charge in [-0.3, -0.25) is 0 Å². The molecule has 114 valence electrons. The molecule has 1 aromatic heterocycles. The molecule has 1 aromatic rings. The molecule has 1 aliphatic rings. The molecule has 0 atom stereocenters. The van der Waals surface area contributed by atoms with Gasteiger partial charge in [0.05, 0.1) is 0 Å². The van der Waals surface area contributed by atoms with E-state index in [4.69, 9.17) is 4.74 Å². The maximum atomic E-state index is 6.16. The van der Waals surface area contributed by atoms with Crippen LogP contribution in [0.5, 0.6) is 0 Å². The molecule has 1 fully saturated rings. The predicted octanol–water partition coefficient (Wildman–Crippen LogP) is 3.49. The van der Waals surface area contributed by atoms with Crippen LogP contribution in [0.3, 0.4) is 0 Å². The van der Waals surface area contributed by atoms with Gasteiger partial charge < -0.3 is 15.0 Å². The first-order valence-corrected chi connectivity index (χ1v) is 8.08. The molecule has 4 nitrogen and oxygen atoms in total. The fourth-order valence-corrected chi connectivity index (χ4v) is 3.02. The van der Waals surface area contributed by atoms with E-state index >= 15 is 0 Å². The van der Waals surface area contributed by atoms with Crippen molar-refractivity contribution >= 4 is 0 Å². The first kappa shape index (κ1) is 15.5. The van der Waals surface area contributed by atoms with Gasteiger partial charge in [0, 0.05) is 31.1 Å². The van der Waals surface area contributed by atoms with Crippen LogP contribution in [0.25, 0.3) is 0 Å². The van der Waals surface area contributed by atoms with Crippen molar-refractivity contribution in [3.05, 3.63) is 17.7 Å². The van der Waals surface area contributed by atoms with Crippen molar-refractivity contribution in [1.82, 2.24) is 15.3 Å². The Balaban J connectivity index is 2.12. The highest BCUT2D eigenvalue weighted by atomic mass is 16.5. The number of ether oxygens (including phenoxy) is 1. The van der Waals surface area contributed by atoms with E-state index in [1.54, 1.807) is 0 Å². The summed E-state index contributed by atoms with van der Waals surface area (Å²) in [6.45, 7) is 7.98. The molecule has 0 aromatic carbocycles. The Hall–Kier alpha value is -0.870. The van der Waals surface area contributed by atoms with E-state index in [0.717, 1.165) is 37.5 Å². The molecule has 0 saturated heterocycles. The van der Waals surface area contributed by atoms with Crippen molar-refractivity contribution < 1.29 is 4.74 Å². The minimum atomic E-state index is -0.179. The highest BCUT2D eigenvalue weighted by Crippen LogP contribution is 2.37. The molecule has 1 aliphatic carbocycles. The number of imidazole rings is 1. The van der Waals surface area contributed by atoms with Crippen LogP contribution in [0.15, 0.2) is 6.20 Å². The van der Waals surface area contributed by atoms with Crippen molar-refractivity contribution in [2.75, 3.05) is 6.61 Å². The molecule has 2 N–H and O–H groups in total. The quantitative estimate of drug-likeness (QED) is 0.784. The van der Waals surface area contributed by atoms with Crippen LogP contribution in [-0.2, 0) is 16.9 Å². The van der Waals surface area contributed by atoms with Crippen LogP contribution >= 0.6 is 0 Å². The summed E-state index contributed by atoms with van der Waals surface area (Å²) >= 11 is 0. The second-order valence-corrected chi connectivity index (χ2v) is 6.13. The SMILES string of the molecule is CCOC1(c2ncc(CNC(C)C)[nH]2)CCCCCC1. The van der Waals surface area contributed by atoms with Crippen molar-refractivity contribution in [3.8, 4) is 0 Å². The van der Waals surface area contributed by atoms with Crippen LogP contribution in [-0.4, -0.2) is 22.6 Å². The van der Waals surface area contributed by atoms with Gasteiger partial charge in [-0.25, -0.2) is 4.98 Å². The van der Waals surface area contributed by atoms with E-state index in [1.165, 1.54) is 25.7 Å². The lowest BCUT2D eigenvalue weighted by Gasteiger charge is -2.30. The summed E-state index contributed by atoms with van der Waals surface area (Å²) in [5.74, 6) is 1.03. The smallest absolute Gasteiger partial charge is 0.138 e. The van der Waals surface area contributed by atoms with Gasteiger partial charge in [-0.1, -0.05) is 39.5 Å². The van der Waals surface area contributed by atoms with Crippen molar-refractivity contribution in [2.24, 2.45) is 0 Å². The Kier molecular flexibility index (Phi) is 5.61. The Morgan fingerprint density at radius 1 is 1.30 bits per heavy atom. The summed E-state index contributed by atoms with van der Waals surface area (Å²) in [6.07, 6.45) is 9.24. The molecule has 0 radical (unpaired) electrons. The number of aromatic nitrogens is 2. The third-order valence-corrected chi connectivity index (χ3v) is 4.09. The third-order valence-electron chi connectivity index (χ3n) is 4.09. The molecule has 0 amide bonds. The summed E-state index contributed by atoms with van der Waals surface area (Å²) in [5.41, 5.74) is 0.971. The Bertz CT molecular complexity index is 392. The topological polar surface area (TPSA) is 49.9 Å². The molecule has 1 heterocycles. The minimum absolute atomic E-state index is 0.179. The molecular weight excluding hydrogens is 250 g/mol. The van der Waals surface area contributed by atoms with Gasteiger partial charge in [-0.15, -0.1) is 0 Å². The number of hydrogen-bond donors (Lipinski definition) is 2. The minimum Gasteiger partial charge on any atom is -0.367 e. The zero-order valence-electron chi connectivity index (χ0n) is 13.2. The molecule has 0 spiro atoms. The van der Waals surface area contributed by atoms with Gasteiger partial charge in [0.2, 0.25) is 0 Å². The first-order chi connectivity index (χ1) is 9.66. The van der Waals surface area contributed by atoms with E-state index in [2.05, 4.69) is 36.1 Å². The largest absolute Gasteiger partial charge is 0.367 e. The summed E-state index contributed by atoms with van der Waals surface area (Å²) < 4.78 is 6.16. The maximum Gasteiger partial charge on any atom is 0.138 e. The summed E-state index contributed by atoms with van der Waals surface area (Å²) in [4.78, 5) is 8.12. The highest BCUT2D eigenvalue weighted by molar-refractivity contribution is 5.10. The fourth-order valence-electron chi connectivity index (χ4n) is 3.02. The van der Waals surface area contributed by atoms with E-state index in [9.17, 15) is 0 Å². The highest BCUT2D eigenvalue weighted by Gasteiger charge is 2.36. The molecule has 20 heavy (non-hydrogen) atoms. The van der Waals surface area contributed by atoms with Gasteiger partial charge in [-0.2, -0.15) is 0 Å². The summed E-state index contributed by atoms with van der Waals surface area (Å²) in [7, 11) is 0. The predicted molar refractivity (Wildman–Crippen MR) is 81.6 cm³/mol. The van der Waals surface area contributed by atoms with Gasteiger partial charge in [0.15, 0.2) is 0 Å². The van der Waals surface area contributed by atoms with Crippen LogP contribution in [0, 0.1) is 0 Å². The summed E-state index contributed by atoms with van der Waals surface area (Å²) in [5, 5.41) is 3.42. The van der Waals surface area contributed by atoms with E-state index in [-0.39, 0.29) is 5.60 Å². The normalized spacial score (nSPS) is 19.2. The zero-order chi connectivity index (χ0) is 14.4. The van der Waals surface area contributed by atoms with Gasteiger partial charge in [-0.05, 0) is 19.8 Å². The maximum absolute atomic E-state index is 6.16. The molecular formula is C16H29N3O. The number of hydrogen-bond acceptors (Lipinski definition) is 3. The molecule has 4 heteroatoms.